The molecular formula is C11H12BBrO5. The molecule has 1 aromatic carbocycles. The van der Waals surface area contributed by atoms with Crippen LogP contribution in [-0.2, 0) is 0 Å². The van der Waals surface area contributed by atoms with Crippen LogP contribution in [-0.4, -0.2) is 23.5 Å². The van der Waals surface area contributed by atoms with E-state index in [2.05, 4.69) is 20.6 Å². The van der Waals surface area contributed by atoms with Gasteiger partial charge in [0.1, 0.15) is 5.75 Å². The van der Waals surface area contributed by atoms with Crippen molar-refractivity contribution in [3.8, 4) is 11.7 Å². The summed E-state index contributed by atoms with van der Waals surface area (Å²) in [5.41, 5.74) is 0.557. The summed E-state index contributed by atoms with van der Waals surface area (Å²) in [4.78, 5) is 0. The SMILES string of the molecule is CC(C)Oc1cc(Br)c2oc(OB(O)O)cc2c1. The third-order valence-corrected chi connectivity index (χ3v) is 2.70. The van der Waals surface area contributed by atoms with Gasteiger partial charge in [-0.05, 0) is 41.9 Å². The van der Waals surface area contributed by atoms with Crippen LogP contribution in [0.1, 0.15) is 13.8 Å². The Morgan fingerprint density at radius 1 is 1.28 bits per heavy atom. The summed E-state index contributed by atoms with van der Waals surface area (Å²) in [5, 5.41) is 18.2. The Balaban J connectivity index is 2.39. The van der Waals surface area contributed by atoms with Crippen LogP contribution in [0.2, 0.25) is 0 Å². The van der Waals surface area contributed by atoms with Crippen LogP contribution < -0.4 is 9.39 Å². The van der Waals surface area contributed by atoms with Crippen molar-refractivity contribution in [3.05, 3.63) is 22.7 Å². The zero-order valence-corrected chi connectivity index (χ0v) is 11.5. The number of halogens is 1. The normalized spacial score (nSPS) is 11.0. The van der Waals surface area contributed by atoms with Crippen molar-refractivity contribution in [3.63, 3.8) is 0 Å². The molecule has 0 bridgehead atoms. The van der Waals surface area contributed by atoms with Gasteiger partial charge in [-0.1, -0.05) is 0 Å². The summed E-state index contributed by atoms with van der Waals surface area (Å²) >= 11 is 3.36. The summed E-state index contributed by atoms with van der Waals surface area (Å²) in [5.74, 6) is 0.726. The van der Waals surface area contributed by atoms with Gasteiger partial charge in [0.25, 0.3) is 5.95 Å². The number of hydrogen-bond acceptors (Lipinski definition) is 5. The fraction of sp³-hybridized carbons (Fsp3) is 0.273. The minimum atomic E-state index is -1.91. The molecule has 0 aliphatic heterocycles. The average Bonchev–Trinajstić information content (AvgIpc) is 2.58. The molecule has 0 saturated carbocycles. The van der Waals surface area contributed by atoms with Crippen molar-refractivity contribution in [1.29, 1.82) is 0 Å². The highest BCUT2D eigenvalue weighted by atomic mass is 79.9. The average molecular weight is 315 g/mol. The zero-order valence-electron chi connectivity index (χ0n) is 9.88. The van der Waals surface area contributed by atoms with E-state index < -0.39 is 7.32 Å². The molecule has 0 radical (unpaired) electrons. The first-order chi connectivity index (χ1) is 8.45. The highest BCUT2D eigenvalue weighted by molar-refractivity contribution is 9.10. The maximum atomic E-state index is 8.71. The van der Waals surface area contributed by atoms with Crippen LogP contribution in [0.5, 0.6) is 11.7 Å². The molecular weight excluding hydrogens is 303 g/mol. The van der Waals surface area contributed by atoms with Crippen molar-refractivity contribution < 1.29 is 23.9 Å². The van der Waals surface area contributed by atoms with Crippen LogP contribution in [0, 0.1) is 0 Å². The maximum Gasteiger partial charge on any atom is 0.709 e. The van der Waals surface area contributed by atoms with Crippen LogP contribution in [0.15, 0.2) is 27.1 Å². The van der Waals surface area contributed by atoms with E-state index in [-0.39, 0.29) is 12.1 Å². The van der Waals surface area contributed by atoms with Gasteiger partial charge in [-0.25, -0.2) is 0 Å². The molecule has 0 aliphatic rings. The fourth-order valence-electron chi connectivity index (χ4n) is 1.56. The number of furan rings is 1. The second-order valence-corrected chi connectivity index (χ2v) is 4.85. The van der Waals surface area contributed by atoms with Gasteiger partial charge in [0.2, 0.25) is 0 Å². The zero-order chi connectivity index (χ0) is 13.3. The molecule has 1 aromatic heterocycles. The summed E-state index contributed by atoms with van der Waals surface area (Å²) in [7, 11) is -1.91. The largest absolute Gasteiger partial charge is 0.709 e. The Kier molecular flexibility index (Phi) is 3.84. The van der Waals surface area contributed by atoms with E-state index in [1.54, 1.807) is 18.2 Å². The highest BCUT2D eigenvalue weighted by Gasteiger charge is 2.16. The lowest BCUT2D eigenvalue weighted by molar-refractivity contribution is 0.242. The lowest BCUT2D eigenvalue weighted by Crippen LogP contribution is -2.20. The van der Waals surface area contributed by atoms with Crippen molar-refractivity contribution >= 4 is 34.2 Å². The van der Waals surface area contributed by atoms with Gasteiger partial charge in [-0.15, -0.1) is 0 Å². The van der Waals surface area contributed by atoms with E-state index in [0.717, 1.165) is 5.39 Å². The molecule has 7 heteroatoms. The molecule has 2 N–H and O–H groups in total. The Morgan fingerprint density at radius 2 is 2.00 bits per heavy atom. The van der Waals surface area contributed by atoms with Gasteiger partial charge in [0.05, 0.1) is 10.6 Å². The first-order valence-corrected chi connectivity index (χ1v) is 6.17. The topological polar surface area (TPSA) is 72.1 Å². The highest BCUT2D eigenvalue weighted by Crippen LogP contribution is 2.34. The van der Waals surface area contributed by atoms with E-state index >= 15 is 0 Å². The van der Waals surface area contributed by atoms with Crippen molar-refractivity contribution in [2.45, 2.75) is 20.0 Å². The predicted molar refractivity (Wildman–Crippen MR) is 70.5 cm³/mol. The van der Waals surface area contributed by atoms with Crippen LogP contribution >= 0.6 is 15.9 Å². The van der Waals surface area contributed by atoms with Crippen molar-refractivity contribution in [2.24, 2.45) is 0 Å². The van der Waals surface area contributed by atoms with Gasteiger partial charge in [-0.3, -0.25) is 0 Å². The number of fused-ring (bicyclic) bond motifs is 1. The predicted octanol–water partition coefficient (Wildman–Crippen LogP) is 2.33. The second kappa shape index (κ2) is 5.21. The van der Waals surface area contributed by atoms with Crippen LogP contribution in [0.3, 0.4) is 0 Å². The molecule has 0 amide bonds. The molecule has 96 valence electrons. The third-order valence-electron chi connectivity index (χ3n) is 2.12. The number of hydrogen-bond donors (Lipinski definition) is 2. The molecule has 18 heavy (non-hydrogen) atoms. The number of benzene rings is 1. The Bertz CT molecular complexity index is 552. The summed E-state index contributed by atoms with van der Waals surface area (Å²) < 4.78 is 16.3. The second-order valence-electron chi connectivity index (χ2n) is 4.00. The maximum absolute atomic E-state index is 8.71. The minimum Gasteiger partial charge on any atom is -0.491 e. The Hall–Kier alpha value is -1.18. The van der Waals surface area contributed by atoms with Gasteiger partial charge in [0, 0.05) is 11.5 Å². The number of ether oxygens (including phenoxy) is 1. The molecule has 0 spiro atoms. The Morgan fingerprint density at radius 3 is 2.61 bits per heavy atom. The molecule has 5 nitrogen and oxygen atoms in total. The van der Waals surface area contributed by atoms with Gasteiger partial charge in [0.15, 0.2) is 5.58 Å². The van der Waals surface area contributed by atoms with Crippen molar-refractivity contribution in [2.75, 3.05) is 0 Å². The third kappa shape index (κ3) is 2.98. The summed E-state index contributed by atoms with van der Waals surface area (Å²) in [6, 6.07) is 5.14. The monoisotopic (exact) mass is 314 g/mol. The number of rotatable bonds is 4. The first-order valence-electron chi connectivity index (χ1n) is 5.38. The summed E-state index contributed by atoms with van der Waals surface area (Å²) in [6.07, 6.45) is 0.0660. The lowest BCUT2D eigenvalue weighted by atomic mass is 10.2. The fourth-order valence-corrected chi connectivity index (χ4v) is 2.10. The quantitative estimate of drug-likeness (QED) is 0.847. The van der Waals surface area contributed by atoms with Gasteiger partial charge < -0.3 is 23.9 Å². The molecule has 0 aliphatic carbocycles. The molecule has 2 rings (SSSR count). The van der Waals surface area contributed by atoms with Crippen LogP contribution in [0.4, 0.5) is 0 Å². The molecule has 0 atom stereocenters. The molecule has 0 fully saturated rings. The van der Waals surface area contributed by atoms with Gasteiger partial charge in [-0.2, -0.15) is 0 Å². The Labute approximate surface area is 113 Å². The smallest absolute Gasteiger partial charge is 0.491 e. The lowest BCUT2D eigenvalue weighted by Gasteiger charge is -2.09. The minimum absolute atomic E-state index is 0.0300. The van der Waals surface area contributed by atoms with Crippen molar-refractivity contribution in [1.82, 2.24) is 0 Å². The molecule has 1 heterocycles. The molecule has 0 unspecified atom stereocenters. The molecule has 0 saturated heterocycles. The summed E-state index contributed by atoms with van der Waals surface area (Å²) in [6.45, 7) is 3.87. The van der Waals surface area contributed by atoms with Crippen LogP contribution in [0.25, 0.3) is 11.0 Å². The van der Waals surface area contributed by atoms with E-state index in [1.807, 2.05) is 13.8 Å². The standard InChI is InChI=1S/C11H12BBrO5/c1-6(2)16-8-3-7-4-10(18-12(14)15)17-11(7)9(13)5-8/h3-6,14-15H,1-2H3. The van der Waals surface area contributed by atoms with E-state index in [0.29, 0.717) is 15.8 Å². The van der Waals surface area contributed by atoms with Gasteiger partial charge >= 0.3 is 7.32 Å². The first kappa shape index (κ1) is 13.3. The molecule has 2 aromatic rings. The van der Waals surface area contributed by atoms with E-state index in [9.17, 15) is 0 Å². The van der Waals surface area contributed by atoms with E-state index in [4.69, 9.17) is 19.2 Å². The van der Waals surface area contributed by atoms with E-state index in [1.165, 1.54) is 0 Å².